The van der Waals surface area contributed by atoms with Gasteiger partial charge in [-0.25, -0.2) is 22.2 Å². The van der Waals surface area contributed by atoms with Crippen LogP contribution in [0.1, 0.15) is 5.56 Å². The molecule has 1 N–H and O–H groups in total. The number of fused-ring (bicyclic) bond motifs is 1. The highest BCUT2D eigenvalue weighted by atomic mass is 32.2. The zero-order valence-corrected chi connectivity index (χ0v) is 14.5. The first-order valence-electron chi connectivity index (χ1n) is 7.07. The molecule has 0 aliphatic heterocycles. The Morgan fingerprint density at radius 2 is 1.88 bits per heavy atom. The monoisotopic (exact) mass is 382 g/mol. The molecule has 0 aliphatic carbocycles. The lowest BCUT2D eigenvalue weighted by molar-refractivity contribution is -0.115. The summed E-state index contributed by atoms with van der Waals surface area (Å²) in [4.78, 5) is 16.3. The summed E-state index contributed by atoms with van der Waals surface area (Å²) in [6.07, 6.45) is 0.629. The first-order chi connectivity index (χ1) is 11.7. The minimum atomic E-state index is -3.35. The molecule has 1 amide bonds. The topological polar surface area (TPSA) is 76.1 Å². The number of benzene rings is 2. The average Bonchev–Trinajstić information content (AvgIpc) is 2.91. The summed E-state index contributed by atoms with van der Waals surface area (Å²) in [6.45, 7) is 0. The van der Waals surface area contributed by atoms with Crippen molar-refractivity contribution in [2.24, 2.45) is 0 Å². The molecule has 0 bridgehead atoms. The molecule has 0 unspecified atom stereocenters. The average molecular weight is 382 g/mol. The van der Waals surface area contributed by atoms with Crippen LogP contribution in [-0.4, -0.2) is 25.6 Å². The second kappa shape index (κ2) is 6.49. The van der Waals surface area contributed by atoms with Crippen LogP contribution in [0.25, 0.3) is 10.2 Å². The molecule has 9 heteroatoms. The van der Waals surface area contributed by atoms with Gasteiger partial charge in [0.1, 0.15) is 11.6 Å². The molecule has 0 aliphatic rings. The first kappa shape index (κ1) is 17.4. The Morgan fingerprint density at radius 3 is 2.52 bits per heavy atom. The number of carbonyl (C=O) groups is 1. The maximum absolute atomic E-state index is 13.6. The number of anilines is 1. The zero-order valence-electron chi connectivity index (χ0n) is 12.9. The molecule has 0 fully saturated rings. The Morgan fingerprint density at radius 1 is 1.20 bits per heavy atom. The summed E-state index contributed by atoms with van der Waals surface area (Å²) in [6, 6.07) is 7.81. The number of sulfone groups is 1. The van der Waals surface area contributed by atoms with Crippen molar-refractivity contribution in [3.05, 3.63) is 53.6 Å². The fourth-order valence-electron chi connectivity index (χ4n) is 2.21. The SMILES string of the molecule is CS(=O)(=O)c1ccc2nc(NC(=O)Cc3c(F)cccc3F)sc2c1. The molecule has 130 valence electrons. The molecule has 0 radical (unpaired) electrons. The third-order valence-corrected chi connectivity index (χ3v) is 5.48. The van der Waals surface area contributed by atoms with Crippen molar-refractivity contribution < 1.29 is 22.0 Å². The molecule has 0 spiro atoms. The Hall–Kier alpha value is -2.39. The van der Waals surface area contributed by atoms with Crippen molar-refractivity contribution in [1.29, 1.82) is 0 Å². The van der Waals surface area contributed by atoms with E-state index in [-0.39, 0.29) is 15.6 Å². The van der Waals surface area contributed by atoms with E-state index in [1.165, 1.54) is 24.3 Å². The molecule has 3 rings (SSSR count). The van der Waals surface area contributed by atoms with Gasteiger partial charge in [0.15, 0.2) is 15.0 Å². The van der Waals surface area contributed by atoms with E-state index in [9.17, 15) is 22.0 Å². The molecular weight excluding hydrogens is 370 g/mol. The van der Waals surface area contributed by atoms with Crippen LogP contribution in [0.4, 0.5) is 13.9 Å². The van der Waals surface area contributed by atoms with Crippen molar-refractivity contribution >= 4 is 42.4 Å². The van der Waals surface area contributed by atoms with Crippen molar-refractivity contribution in [3.63, 3.8) is 0 Å². The summed E-state index contributed by atoms with van der Waals surface area (Å²) < 4.78 is 50.9. The van der Waals surface area contributed by atoms with E-state index in [1.54, 1.807) is 0 Å². The lowest BCUT2D eigenvalue weighted by Gasteiger charge is -2.04. The van der Waals surface area contributed by atoms with Crippen LogP contribution in [0.15, 0.2) is 41.3 Å². The van der Waals surface area contributed by atoms with Crippen molar-refractivity contribution in [3.8, 4) is 0 Å². The Bertz CT molecular complexity index is 1060. The molecule has 0 saturated carbocycles. The lowest BCUT2D eigenvalue weighted by atomic mass is 10.1. The molecule has 25 heavy (non-hydrogen) atoms. The minimum Gasteiger partial charge on any atom is -0.302 e. The minimum absolute atomic E-state index is 0.148. The number of thiazole rings is 1. The van der Waals surface area contributed by atoms with Gasteiger partial charge in [0.2, 0.25) is 5.91 Å². The van der Waals surface area contributed by atoms with Gasteiger partial charge in [-0.1, -0.05) is 17.4 Å². The number of amides is 1. The van der Waals surface area contributed by atoms with E-state index in [4.69, 9.17) is 0 Å². The number of nitrogens with one attached hydrogen (secondary N) is 1. The number of hydrogen-bond donors (Lipinski definition) is 1. The number of rotatable bonds is 4. The predicted octanol–water partition coefficient (Wildman–Crippen LogP) is 3.16. The number of nitrogens with zero attached hydrogens (tertiary/aromatic N) is 1. The fourth-order valence-corrected chi connectivity index (χ4v) is 3.86. The highest BCUT2D eigenvalue weighted by molar-refractivity contribution is 7.90. The van der Waals surface area contributed by atoms with E-state index in [0.717, 1.165) is 29.7 Å². The standard InChI is InChI=1S/C16H12F2N2O3S2/c1-25(22,23)9-5-6-13-14(7-9)24-16(19-13)20-15(21)8-10-11(17)3-2-4-12(10)18/h2-7H,8H2,1H3,(H,19,20,21). The number of halogens is 2. The smallest absolute Gasteiger partial charge is 0.230 e. The van der Waals surface area contributed by atoms with Crippen LogP contribution in [0, 0.1) is 11.6 Å². The van der Waals surface area contributed by atoms with E-state index in [0.29, 0.717) is 10.2 Å². The van der Waals surface area contributed by atoms with Crippen molar-refractivity contribution in [1.82, 2.24) is 4.98 Å². The van der Waals surface area contributed by atoms with E-state index < -0.39 is 33.8 Å². The predicted molar refractivity (Wildman–Crippen MR) is 91.4 cm³/mol. The van der Waals surface area contributed by atoms with Gasteiger partial charge in [0.25, 0.3) is 0 Å². The van der Waals surface area contributed by atoms with E-state index in [1.807, 2.05) is 0 Å². The maximum Gasteiger partial charge on any atom is 0.230 e. The Balaban J connectivity index is 1.82. The van der Waals surface area contributed by atoms with Gasteiger partial charge in [-0.05, 0) is 30.3 Å². The van der Waals surface area contributed by atoms with E-state index >= 15 is 0 Å². The lowest BCUT2D eigenvalue weighted by Crippen LogP contribution is -2.16. The van der Waals surface area contributed by atoms with Crippen LogP contribution < -0.4 is 5.32 Å². The molecule has 2 aromatic carbocycles. The van der Waals surface area contributed by atoms with Crippen LogP contribution in [-0.2, 0) is 21.1 Å². The molecule has 5 nitrogen and oxygen atoms in total. The highest BCUT2D eigenvalue weighted by Crippen LogP contribution is 2.28. The van der Waals surface area contributed by atoms with Crippen LogP contribution in [0.5, 0.6) is 0 Å². The molecule has 0 saturated heterocycles. The van der Waals surface area contributed by atoms with Crippen LogP contribution in [0.3, 0.4) is 0 Å². The quantitative estimate of drug-likeness (QED) is 0.752. The Kier molecular flexibility index (Phi) is 4.53. The second-order valence-corrected chi connectivity index (χ2v) is 8.39. The molecule has 3 aromatic rings. The first-order valence-corrected chi connectivity index (χ1v) is 9.78. The maximum atomic E-state index is 13.6. The van der Waals surface area contributed by atoms with Gasteiger partial charge < -0.3 is 5.32 Å². The van der Waals surface area contributed by atoms with Gasteiger partial charge >= 0.3 is 0 Å². The number of carbonyl (C=O) groups excluding carboxylic acids is 1. The molecular formula is C16H12F2N2O3S2. The highest BCUT2D eigenvalue weighted by Gasteiger charge is 2.15. The van der Waals surface area contributed by atoms with Crippen molar-refractivity contribution in [2.45, 2.75) is 11.3 Å². The Labute approximate surface area is 146 Å². The third-order valence-electron chi connectivity index (χ3n) is 3.43. The van der Waals surface area contributed by atoms with Crippen LogP contribution in [0.2, 0.25) is 0 Å². The van der Waals surface area contributed by atoms with Crippen LogP contribution >= 0.6 is 11.3 Å². The third kappa shape index (κ3) is 3.83. The second-order valence-electron chi connectivity index (χ2n) is 5.35. The number of hydrogen-bond acceptors (Lipinski definition) is 5. The fraction of sp³-hybridized carbons (Fsp3) is 0.125. The summed E-state index contributed by atoms with van der Waals surface area (Å²) >= 11 is 1.08. The summed E-state index contributed by atoms with van der Waals surface area (Å²) in [5.41, 5.74) is 0.199. The zero-order chi connectivity index (χ0) is 18.2. The largest absolute Gasteiger partial charge is 0.302 e. The van der Waals surface area contributed by atoms with Gasteiger partial charge in [0, 0.05) is 11.8 Å². The molecule has 1 heterocycles. The number of aromatic nitrogens is 1. The summed E-state index contributed by atoms with van der Waals surface area (Å²) in [7, 11) is -3.35. The van der Waals surface area contributed by atoms with Gasteiger partial charge in [0.05, 0.1) is 21.5 Å². The normalized spacial score (nSPS) is 11.6. The summed E-state index contributed by atoms with van der Waals surface area (Å²) in [5.74, 6) is -2.21. The molecule has 1 aromatic heterocycles. The van der Waals surface area contributed by atoms with Gasteiger partial charge in [-0.3, -0.25) is 4.79 Å². The molecule has 0 atom stereocenters. The van der Waals surface area contributed by atoms with Crippen molar-refractivity contribution in [2.75, 3.05) is 11.6 Å². The van der Waals surface area contributed by atoms with Gasteiger partial charge in [-0.15, -0.1) is 0 Å². The van der Waals surface area contributed by atoms with Gasteiger partial charge in [-0.2, -0.15) is 0 Å². The summed E-state index contributed by atoms with van der Waals surface area (Å²) in [5, 5.41) is 2.70. The van der Waals surface area contributed by atoms with E-state index in [2.05, 4.69) is 10.3 Å².